The fraction of sp³-hybridized carbons (Fsp3) is 0.372. The zero-order chi connectivity index (χ0) is 34.3. The molecule has 4 nitrogen and oxygen atoms in total. The molecule has 4 aromatic rings. The van der Waals surface area contributed by atoms with Crippen molar-refractivity contribution in [2.45, 2.75) is 91.9 Å². The van der Waals surface area contributed by atoms with Gasteiger partial charge in [-0.05, 0) is 48.6 Å². The molecule has 0 atom stereocenters. The van der Waals surface area contributed by atoms with Gasteiger partial charge in [0.15, 0.2) is 0 Å². The Morgan fingerprint density at radius 1 is 0.521 bits per heavy atom. The molecule has 48 heavy (non-hydrogen) atoms. The Bertz CT molecular complexity index is 1380. The van der Waals surface area contributed by atoms with E-state index in [1.165, 1.54) is 35.1 Å². The molecule has 0 bridgehead atoms. The third-order valence-electron chi connectivity index (χ3n) is 8.01. The summed E-state index contributed by atoms with van der Waals surface area (Å²) < 4.78 is 4.94. The number of pyridine rings is 1. The maximum absolute atomic E-state index is 5.01. The van der Waals surface area contributed by atoms with Crippen molar-refractivity contribution in [1.82, 2.24) is 4.98 Å². The molecule has 1 aliphatic rings. The van der Waals surface area contributed by atoms with E-state index in [0.29, 0.717) is 35.1 Å². The maximum Gasteiger partial charge on any atom is 2.00 e. The van der Waals surface area contributed by atoms with Crippen molar-refractivity contribution in [3.8, 4) is 0 Å². The molecular weight excluding hydrogens is 712 g/mol. The van der Waals surface area contributed by atoms with Crippen LogP contribution in [0.1, 0.15) is 126 Å². The van der Waals surface area contributed by atoms with E-state index in [-0.39, 0.29) is 48.9 Å². The summed E-state index contributed by atoms with van der Waals surface area (Å²) >= 11 is 0. The molecule has 0 aliphatic carbocycles. The van der Waals surface area contributed by atoms with Gasteiger partial charge in [-0.2, -0.15) is 0 Å². The maximum atomic E-state index is 5.01. The van der Waals surface area contributed by atoms with Crippen molar-refractivity contribution in [3.05, 3.63) is 148 Å². The Morgan fingerprint density at radius 2 is 0.812 bits per heavy atom. The quantitative estimate of drug-likeness (QED) is 0.151. The Hall–Kier alpha value is -2.58. The van der Waals surface area contributed by atoms with Crippen molar-refractivity contribution < 1.29 is 4.74 Å². The number of benzene rings is 3. The first-order valence-corrected chi connectivity index (χ1v) is 17.1. The molecule has 5 heteroatoms. The molecule has 1 aliphatic heterocycles. The summed E-state index contributed by atoms with van der Waals surface area (Å²) in [5.74, 6) is 1.46. The number of aromatic nitrogens is 1. The molecular formula is C43H55BaN3O. The Labute approximate surface area is 332 Å². The van der Waals surface area contributed by atoms with Crippen LogP contribution in [0.2, 0.25) is 0 Å². The number of rotatable bonds is 10. The Morgan fingerprint density at radius 3 is 1.06 bits per heavy atom. The third kappa shape index (κ3) is 12.7. The normalized spacial score (nSPS) is 12.1. The molecule has 1 aromatic heterocycles. The van der Waals surface area contributed by atoms with Gasteiger partial charge in [0.2, 0.25) is 0 Å². The van der Waals surface area contributed by atoms with Crippen LogP contribution in [0, 0.1) is 0 Å². The van der Waals surface area contributed by atoms with E-state index in [9.17, 15) is 0 Å². The van der Waals surface area contributed by atoms with E-state index in [1.807, 2.05) is 54.6 Å². The molecule has 1 saturated heterocycles. The fourth-order valence-corrected chi connectivity index (χ4v) is 5.32. The summed E-state index contributed by atoms with van der Waals surface area (Å²) in [6, 6.07) is 30.8. The number of hydrogen-bond donors (Lipinski definition) is 0. The molecule has 0 amide bonds. The molecule has 0 saturated carbocycles. The topological polar surface area (TPSA) is 50.3 Å². The molecule has 2 heterocycles. The summed E-state index contributed by atoms with van der Waals surface area (Å²) in [4.78, 5) is 4.88. The van der Waals surface area contributed by atoms with Gasteiger partial charge in [-0.15, -0.1) is 35.9 Å². The molecule has 0 radical (unpaired) electrons. The van der Waals surface area contributed by atoms with E-state index in [4.69, 9.17) is 20.4 Å². The third-order valence-corrected chi connectivity index (χ3v) is 8.01. The summed E-state index contributed by atoms with van der Waals surface area (Å²) in [5.41, 5.74) is 9.68. The monoisotopic (exact) mass is 767 g/mol. The molecule has 5 rings (SSSR count). The van der Waals surface area contributed by atoms with Crippen LogP contribution in [0.5, 0.6) is 0 Å². The van der Waals surface area contributed by atoms with Gasteiger partial charge in [0.25, 0.3) is 0 Å². The smallest absolute Gasteiger partial charge is 0.656 e. The first kappa shape index (κ1) is 41.6. The van der Waals surface area contributed by atoms with Crippen LogP contribution < -0.4 is 0 Å². The summed E-state index contributed by atoms with van der Waals surface area (Å²) in [5, 5.41) is 10.0. The largest absolute Gasteiger partial charge is 2.00 e. The number of hydrogen-bond acceptors (Lipinski definition) is 2. The average molecular weight is 767 g/mol. The minimum absolute atomic E-state index is 0. The second kappa shape index (κ2) is 21.5. The van der Waals surface area contributed by atoms with Crippen molar-refractivity contribution in [3.63, 3.8) is 0 Å². The molecule has 1 fully saturated rings. The second-order valence-electron chi connectivity index (χ2n) is 13.2. The van der Waals surface area contributed by atoms with Crippen LogP contribution in [0.15, 0.2) is 104 Å². The minimum Gasteiger partial charge on any atom is -0.656 e. The molecule has 3 aromatic carbocycles. The summed E-state index contributed by atoms with van der Waals surface area (Å²) in [6.45, 7) is 28.2. The van der Waals surface area contributed by atoms with Gasteiger partial charge in [-0.25, -0.2) is 0 Å². The summed E-state index contributed by atoms with van der Waals surface area (Å²) in [7, 11) is 0. The van der Waals surface area contributed by atoms with Crippen molar-refractivity contribution in [1.29, 1.82) is 0 Å². The van der Waals surface area contributed by atoms with Crippen LogP contribution in [-0.2, 0) is 4.74 Å². The Balaban J connectivity index is 0.000000560. The number of para-hydroxylation sites is 2. The molecule has 0 spiro atoms. The first-order chi connectivity index (χ1) is 22.5. The minimum atomic E-state index is 0. The molecule has 250 valence electrons. The number of nitrogens with zero attached hydrogens (tertiary/aromatic N) is 3. The first-order valence-electron chi connectivity index (χ1n) is 17.1. The van der Waals surface area contributed by atoms with Crippen molar-refractivity contribution >= 4 is 71.6 Å². The zero-order valence-electron chi connectivity index (χ0n) is 30.7. The van der Waals surface area contributed by atoms with Gasteiger partial charge in [-0.3, -0.25) is 4.98 Å². The van der Waals surface area contributed by atoms with Crippen LogP contribution in [0.4, 0.5) is 11.4 Å². The molecule has 0 unspecified atom stereocenters. The number of ether oxygens (including phenoxy) is 1. The van der Waals surface area contributed by atoms with Crippen LogP contribution in [0.3, 0.4) is 0 Å². The predicted molar refractivity (Wildman–Crippen MR) is 210 cm³/mol. The van der Waals surface area contributed by atoms with E-state index in [1.54, 1.807) is 0 Å². The fourth-order valence-electron chi connectivity index (χ4n) is 5.32. The Kier molecular flexibility index (Phi) is 18.6. The van der Waals surface area contributed by atoms with Crippen molar-refractivity contribution in [2.24, 2.45) is 0 Å². The van der Waals surface area contributed by atoms with Gasteiger partial charge in [-0.1, -0.05) is 157 Å². The predicted octanol–water partition coefficient (Wildman–Crippen LogP) is 13.0. The van der Waals surface area contributed by atoms with E-state index >= 15 is 0 Å². The van der Waals surface area contributed by atoms with E-state index in [2.05, 4.69) is 105 Å². The second-order valence-corrected chi connectivity index (χ2v) is 13.2. The van der Waals surface area contributed by atoms with E-state index in [0.717, 1.165) is 36.0 Å². The van der Waals surface area contributed by atoms with Gasteiger partial charge < -0.3 is 15.4 Å². The zero-order valence-corrected chi connectivity index (χ0v) is 35.1. The SMILES string of the molecule is C1CCOC1.C=C([N-]c1c(C(C)C)cccc1C(C)C)c1cccc(C(=C)[N-]c2c(C(C)C)cccc2C(C)C)n1.[Ba+2].c1ccccc1. The van der Waals surface area contributed by atoms with E-state index < -0.39 is 0 Å². The summed E-state index contributed by atoms with van der Waals surface area (Å²) in [6.07, 6.45) is 2.56. The van der Waals surface area contributed by atoms with Crippen LogP contribution in [-0.4, -0.2) is 67.1 Å². The van der Waals surface area contributed by atoms with Crippen molar-refractivity contribution in [2.75, 3.05) is 13.2 Å². The standard InChI is InChI=1S/C33H41N3.C6H6.C4H8O.Ba/c1-20(2)26-14-11-15-27(21(3)4)32(26)34-24(9)30-18-13-19-31(36-30)25(10)35-33-28(22(5)6)16-12-17-29(33)23(7)8;1-2-4-6-5-3-1;1-2-4-5-3-1;/h11-23H,9-10H2,1-8H3;1-6H;1-4H2;/q-2;;;+2. The average Bonchev–Trinajstić information content (AvgIpc) is 3.66. The van der Waals surface area contributed by atoms with Gasteiger partial charge in [0.1, 0.15) is 0 Å². The van der Waals surface area contributed by atoms with Gasteiger partial charge >= 0.3 is 48.9 Å². The van der Waals surface area contributed by atoms with Crippen LogP contribution in [0.25, 0.3) is 22.0 Å². The van der Waals surface area contributed by atoms with Gasteiger partial charge in [0, 0.05) is 24.6 Å². The van der Waals surface area contributed by atoms with Crippen LogP contribution >= 0.6 is 0 Å². The molecule has 0 N–H and O–H groups in total. The van der Waals surface area contributed by atoms with Gasteiger partial charge in [0.05, 0.1) is 0 Å².